The quantitative estimate of drug-likeness (QED) is 0.0334. The van der Waals surface area contributed by atoms with Gasteiger partial charge in [-0.1, -0.05) is 133 Å². The number of primary amides is 2. The second-order valence-electron chi connectivity index (χ2n) is 36.1. The molecule has 1 spiro atoms. The fourth-order valence-corrected chi connectivity index (χ4v) is 18.4. The van der Waals surface area contributed by atoms with Crippen LogP contribution in [0.5, 0.6) is 0 Å². The lowest BCUT2D eigenvalue weighted by atomic mass is 9.97. The number of carbonyl (C=O) groups excluding carboxylic acids is 16. The summed E-state index contributed by atoms with van der Waals surface area (Å²) in [5.41, 5.74) is 25.9. The van der Waals surface area contributed by atoms with E-state index >= 15 is 43.2 Å². The van der Waals surface area contributed by atoms with Crippen LogP contribution in [0.2, 0.25) is 0 Å². The van der Waals surface area contributed by atoms with Gasteiger partial charge in [0, 0.05) is 100 Å². The number of nitrogens with one attached hydrogen (secondary N) is 9. The van der Waals surface area contributed by atoms with Crippen LogP contribution in [0.3, 0.4) is 0 Å². The number of hydrogen-bond donors (Lipinski definition) is 15. The number of aliphatic carboxylic acids is 1. The number of piperidine rings is 1. The summed E-state index contributed by atoms with van der Waals surface area (Å²) in [6.07, 6.45) is 2.08. The minimum Gasteiger partial charge on any atom is -0.480 e. The summed E-state index contributed by atoms with van der Waals surface area (Å²) in [4.78, 5) is 261. The molecule has 7 heterocycles. The number of aliphatic hydroxyl groups is 1. The predicted molar refractivity (Wildman–Crippen MR) is 483 cm³/mol. The number of carboxylic acid groups (broad SMARTS) is 1. The minimum absolute atomic E-state index is 0.00258. The number of hydrogen-bond acceptors (Lipinski definition) is 21. The van der Waals surface area contributed by atoms with Crippen molar-refractivity contribution < 1.29 is 96.5 Å². The average Bonchev–Trinajstić information content (AvgIpc) is 1.52. The molecule has 10 rings (SSSR count). The molecule has 0 aliphatic carbocycles. The number of ether oxygens (including phenoxy) is 1. The van der Waals surface area contributed by atoms with Gasteiger partial charge in [-0.2, -0.15) is 0 Å². The van der Waals surface area contributed by atoms with Gasteiger partial charge in [-0.05, 0) is 118 Å². The predicted octanol–water partition coefficient (Wildman–Crippen LogP) is -0.881. The summed E-state index contributed by atoms with van der Waals surface area (Å²) in [6, 6.07) is 1.13. The molecule has 15 atom stereocenters. The first-order valence-corrected chi connectivity index (χ1v) is 45.7. The molecule has 40 heteroatoms. The number of aromatic nitrogens is 2. The van der Waals surface area contributed by atoms with Gasteiger partial charge in [0.2, 0.25) is 88.6 Å². The third-order valence-corrected chi connectivity index (χ3v) is 25.3. The second-order valence-corrected chi connectivity index (χ2v) is 36.1. The molecule has 0 bridgehead atoms. The third kappa shape index (κ3) is 24.8. The highest BCUT2D eigenvalue weighted by atomic mass is 16.5. The summed E-state index contributed by atoms with van der Waals surface area (Å²) >= 11 is 0. The molecule has 2 aromatic heterocycles. The van der Waals surface area contributed by atoms with Gasteiger partial charge in [0.15, 0.2) is 5.66 Å². The lowest BCUT2D eigenvalue weighted by molar-refractivity contribution is -0.149. The number of carbonyl (C=O) groups is 17. The number of likely N-dealkylation sites (N-methyl/N-ethyl adjacent to an activating group) is 2. The molecule has 0 unspecified atom stereocenters. The molecule has 5 fully saturated rings. The Labute approximate surface area is 766 Å². The fraction of sp³-hybridized carbons (Fsp3) is 0.576. The van der Waals surface area contributed by atoms with E-state index in [1.54, 1.807) is 107 Å². The van der Waals surface area contributed by atoms with Crippen LogP contribution in [0, 0.1) is 18.8 Å². The van der Waals surface area contributed by atoms with Gasteiger partial charge in [0.25, 0.3) is 5.91 Å². The number of para-hydroxylation sites is 2. The molecular formula is C92H130N20O20. The Balaban J connectivity index is 1.02. The van der Waals surface area contributed by atoms with Crippen molar-refractivity contribution in [3.63, 3.8) is 0 Å². The Morgan fingerprint density at radius 3 is 1.80 bits per heavy atom. The zero-order valence-electron chi connectivity index (χ0n) is 76.6. The van der Waals surface area contributed by atoms with E-state index in [9.17, 15) is 48.6 Å². The number of fused-ring (bicyclic) bond motifs is 4. The topological polar surface area (TPSA) is 580 Å². The van der Waals surface area contributed by atoms with E-state index in [1.165, 1.54) is 34.7 Å². The molecule has 5 aliphatic rings. The van der Waals surface area contributed by atoms with Gasteiger partial charge in [-0.3, -0.25) is 86.4 Å². The monoisotopic (exact) mass is 1830 g/mol. The summed E-state index contributed by atoms with van der Waals surface area (Å²) in [5.74, 6) is -16.2. The molecule has 0 radical (unpaired) electrons. The lowest BCUT2D eigenvalue weighted by Crippen LogP contribution is -2.61. The lowest BCUT2D eigenvalue weighted by Gasteiger charge is -2.38. The summed E-state index contributed by atoms with van der Waals surface area (Å²) in [5, 5.41) is 44.5. The molecule has 5 aliphatic heterocycles. The van der Waals surface area contributed by atoms with E-state index < -0.39 is 230 Å². The first-order chi connectivity index (χ1) is 62.8. The maximum atomic E-state index is 15.9. The highest BCUT2D eigenvalue weighted by Crippen LogP contribution is 2.48. The van der Waals surface area contributed by atoms with Gasteiger partial charge in [-0.15, -0.1) is 0 Å². The standard InChI is InChI=1S/C92H130N20O20/c1-10-12-24-70-83(123)100-62(37-51(3)4)80(120)105-68(78(96)118)49-132-50-76(115)98-65(39-54-30-28-53(7)29-31-54)88(128)111-36-19-18-33-92(111)91(131)112(92)74(43-75(95)114)90(130)109-35-20-27-71(109)84(124)104-67(44-94)82(122)102-64(38-52(5)6)87(127)110-47-57(113)42-73(110)85(125)101-63(40-55-45-97-60-23-16-14-21-58(55)60)81(121)99-61(32-34-93)79(119)103-66(86(126)107(9)72(25-13-11-2)89(129)106(70)8)41-56-46-108(48-77(116)117)69-26-17-15-22-59(56)69/h14-17,21-23,26,28-31,45-46,51-52,57,61-68,70-74,97,113H,10-13,18-20,24-25,27,32-44,47-50,93-94H2,1-9H3,(H2,95,114)(H2,96,118)(H,98,115)(H,99,121)(H,100,123)(H,101,125)(H,102,122)(H,103,119)(H,104,124)(H,105,120)(H,116,117)/t57-,61+,62+,63+,64+,65+,66+,67+,68+,70+,71+,72+,73+,74+,92-,112?/m1/s1. The van der Waals surface area contributed by atoms with Crippen molar-refractivity contribution in [1.29, 1.82) is 0 Å². The van der Waals surface area contributed by atoms with Gasteiger partial charge in [-0.25, -0.2) is 0 Å². The van der Waals surface area contributed by atoms with Gasteiger partial charge in [0.1, 0.15) is 91.7 Å². The van der Waals surface area contributed by atoms with Crippen molar-refractivity contribution in [2.75, 3.05) is 60.0 Å². The molecule has 16 amide bonds. The van der Waals surface area contributed by atoms with Crippen LogP contribution >= 0.6 is 0 Å². The van der Waals surface area contributed by atoms with Crippen molar-refractivity contribution in [2.45, 2.75) is 267 Å². The van der Waals surface area contributed by atoms with Crippen LogP contribution in [0.25, 0.3) is 21.8 Å². The van der Waals surface area contributed by atoms with Crippen molar-refractivity contribution in [3.8, 4) is 0 Å². The SMILES string of the molecule is CCCC[C@H]1C(=O)N(C)[C@@H](CCCC)C(=O)N[C@@H](CC(C)C)C(=O)N[C@H](C(N)=O)COCC(=O)N[C@@H](Cc2ccc(C)cc2)C(=O)N2CCCC[C@@]23C(=O)N3[C@@H](CC(N)=O)C(=O)N2CCC[C@H]2C(=O)N[C@@H](CN)C(=O)N[C@@H](CC(C)C)C(=O)N2C[C@H](O)C[C@H]2C(=O)N[C@@H](Cc2c[nH]c3ccccc23)C(=O)N[C@@H](CCN)C(=O)N[C@@H](Cc2cn(CC(=O)O)c3ccccc23)C(=O)N1C. The van der Waals surface area contributed by atoms with Crippen molar-refractivity contribution in [3.05, 3.63) is 107 Å². The normalized spacial score (nSPS) is 26.5. The van der Waals surface area contributed by atoms with Gasteiger partial charge < -0.3 is 114 Å². The highest BCUT2D eigenvalue weighted by molar-refractivity contribution is 6.10. The highest BCUT2D eigenvalue weighted by Gasteiger charge is 2.72. The van der Waals surface area contributed by atoms with Crippen LogP contribution in [0.1, 0.15) is 167 Å². The van der Waals surface area contributed by atoms with Crippen LogP contribution in [0.15, 0.2) is 85.2 Å². The number of aromatic amines is 1. The Morgan fingerprint density at radius 2 is 1.14 bits per heavy atom. The van der Waals surface area contributed by atoms with Crippen LogP contribution < -0.4 is 65.5 Å². The van der Waals surface area contributed by atoms with Crippen molar-refractivity contribution in [2.24, 2.45) is 34.8 Å². The molecule has 132 heavy (non-hydrogen) atoms. The number of rotatable bonds is 24. The Bertz CT molecular complexity index is 5060. The maximum Gasteiger partial charge on any atom is 0.323 e. The zero-order valence-corrected chi connectivity index (χ0v) is 76.6. The number of aryl methyl sites for hydroxylation is 1. The number of benzene rings is 3. The number of H-pyrrole nitrogens is 1. The molecular weight excluding hydrogens is 1710 g/mol. The zero-order chi connectivity index (χ0) is 96.3. The Morgan fingerprint density at radius 1 is 0.561 bits per heavy atom. The number of amides is 16. The number of aliphatic hydroxyl groups excluding tert-OH is 1. The smallest absolute Gasteiger partial charge is 0.323 e. The molecule has 718 valence electrons. The van der Waals surface area contributed by atoms with E-state index in [1.807, 2.05) is 20.8 Å². The van der Waals surface area contributed by atoms with Crippen LogP contribution in [0.4, 0.5) is 0 Å². The van der Waals surface area contributed by atoms with Gasteiger partial charge >= 0.3 is 5.97 Å². The van der Waals surface area contributed by atoms with Gasteiger partial charge in [0.05, 0.1) is 19.1 Å². The molecule has 40 nitrogen and oxygen atoms in total. The largest absolute Gasteiger partial charge is 0.480 e. The van der Waals surface area contributed by atoms with Crippen LogP contribution in [-0.2, 0) is 112 Å². The van der Waals surface area contributed by atoms with E-state index in [0.29, 0.717) is 77.0 Å². The molecule has 0 saturated carbocycles. The minimum atomic E-state index is -1.87. The second kappa shape index (κ2) is 46.1. The number of unbranched alkanes of at least 4 members (excludes halogenated alkanes) is 2. The molecule has 5 aromatic rings. The van der Waals surface area contributed by atoms with Crippen molar-refractivity contribution >= 4 is 122 Å². The number of nitrogens with two attached hydrogens (primary N) is 4. The van der Waals surface area contributed by atoms with Crippen molar-refractivity contribution in [1.82, 2.24) is 81.5 Å². The Kier molecular flexibility index (Phi) is 35.5. The number of carboxylic acids is 1. The first-order valence-electron chi connectivity index (χ1n) is 45.7. The molecule has 3 aromatic carbocycles. The number of nitrogens with zero attached hydrogens (tertiary/aromatic N) is 7. The van der Waals surface area contributed by atoms with E-state index in [-0.39, 0.29) is 109 Å². The summed E-state index contributed by atoms with van der Waals surface area (Å²) in [6.45, 7) is 9.05. The summed E-state index contributed by atoms with van der Waals surface area (Å²) < 4.78 is 7.24. The first kappa shape index (κ1) is 102. The third-order valence-electron chi connectivity index (χ3n) is 25.3. The van der Waals surface area contributed by atoms with E-state index in [2.05, 4.69) is 47.5 Å². The van der Waals surface area contributed by atoms with Crippen LogP contribution in [-0.4, -0.2) is 300 Å². The molecule has 19 N–H and O–H groups in total. The van der Waals surface area contributed by atoms with E-state index in [0.717, 1.165) is 25.2 Å². The summed E-state index contributed by atoms with van der Waals surface area (Å²) in [7, 11) is 2.73. The fourth-order valence-electron chi connectivity index (χ4n) is 18.4. The van der Waals surface area contributed by atoms with E-state index in [4.69, 9.17) is 27.7 Å². The average molecular weight is 1840 g/mol. The Hall–Kier alpha value is -12.4. The molecule has 5 saturated heterocycles. The maximum absolute atomic E-state index is 15.9.